The van der Waals surface area contributed by atoms with Crippen LogP contribution >= 0.6 is 0 Å². The molecule has 3 nitrogen and oxygen atoms in total. The Bertz CT molecular complexity index is 1030. The molecule has 6 heteroatoms. The highest BCUT2D eigenvalue weighted by Crippen LogP contribution is 2.32. The molecule has 0 unspecified atom stereocenters. The van der Waals surface area contributed by atoms with E-state index in [9.17, 15) is 13.2 Å². The molecule has 0 fully saturated rings. The van der Waals surface area contributed by atoms with E-state index in [2.05, 4.69) is 46.6 Å². The minimum absolute atomic E-state index is 0.431. The summed E-state index contributed by atoms with van der Waals surface area (Å²) < 4.78 is 40.9. The molecule has 0 saturated carbocycles. The Morgan fingerprint density at radius 2 is 1.96 bits per heavy atom. The van der Waals surface area contributed by atoms with Crippen molar-refractivity contribution in [1.29, 1.82) is 0 Å². The highest BCUT2D eigenvalue weighted by Gasteiger charge is 2.30. The molecule has 1 aromatic carbocycles. The number of likely N-dealkylation sites (N-methyl/N-ethyl adjacent to an activating group) is 1. The highest BCUT2D eigenvalue weighted by atomic mass is 19.4. The van der Waals surface area contributed by atoms with Crippen LogP contribution in [0.25, 0.3) is 23.2 Å². The molecule has 4 rings (SSSR count). The summed E-state index contributed by atoms with van der Waals surface area (Å²) in [5, 5.41) is 1.21. The molecule has 3 aromatic rings. The minimum Gasteiger partial charge on any atom is -0.320 e. The molecule has 0 amide bonds. The Labute approximate surface area is 155 Å². The minimum atomic E-state index is -4.39. The van der Waals surface area contributed by atoms with Crippen molar-refractivity contribution >= 4 is 23.2 Å². The smallest absolute Gasteiger partial charge is 0.320 e. The third-order valence-corrected chi connectivity index (χ3v) is 5.04. The van der Waals surface area contributed by atoms with E-state index < -0.39 is 11.7 Å². The van der Waals surface area contributed by atoms with Crippen molar-refractivity contribution < 1.29 is 13.2 Å². The monoisotopic (exact) mass is 371 g/mol. The van der Waals surface area contributed by atoms with Crippen molar-refractivity contribution in [3.8, 4) is 0 Å². The Hall–Kier alpha value is -2.60. The highest BCUT2D eigenvalue weighted by molar-refractivity contribution is 5.89. The average molecular weight is 371 g/mol. The zero-order chi connectivity index (χ0) is 19.2. The van der Waals surface area contributed by atoms with Crippen LogP contribution in [0.5, 0.6) is 0 Å². The number of nitrogens with zero attached hydrogens (tertiary/aromatic N) is 3. The fourth-order valence-electron chi connectivity index (χ4n) is 3.68. The molecule has 3 heterocycles. The first kappa shape index (κ1) is 17.8. The van der Waals surface area contributed by atoms with E-state index in [1.807, 2.05) is 6.20 Å². The van der Waals surface area contributed by atoms with E-state index in [1.165, 1.54) is 28.4 Å². The molecule has 0 atom stereocenters. The Balaban J connectivity index is 1.80. The molecule has 0 N–H and O–H groups in total. The van der Waals surface area contributed by atoms with E-state index in [1.54, 1.807) is 6.08 Å². The van der Waals surface area contributed by atoms with Crippen molar-refractivity contribution in [2.24, 2.45) is 0 Å². The summed E-state index contributed by atoms with van der Waals surface area (Å²) in [5.74, 6) is 0. The normalized spacial score (nSPS) is 15.6. The molecule has 140 valence electrons. The van der Waals surface area contributed by atoms with Gasteiger partial charge in [0.2, 0.25) is 0 Å². The summed E-state index contributed by atoms with van der Waals surface area (Å²) in [5.41, 5.74) is 4.50. The number of halogens is 3. The lowest BCUT2D eigenvalue weighted by Gasteiger charge is -2.23. The van der Waals surface area contributed by atoms with E-state index in [0.717, 1.165) is 37.3 Å². The molecule has 0 aliphatic carbocycles. The Morgan fingerprint density at radius 3 is 2.74 bits per heavy atom. The number of fused-ring (bicyclic) bond motifs is 3. The average Bonchev–Trinajstić information content (AvgIpc) is 2.92. The van der Waals surface area contributed by atoms with E-state index >= 15 is 0 Å². The molecule has 0 saturated heterocycles. The second-order valence-corrected chi connectivity index (χ2v) is 7.12. The summed E-state index contributed by atoms with van der Waals surface area (Å²) in [6, 6.07) is 7.45. The predicted molar refractivity (Wildman–Crippen MR) is 101 cm³/mol. The molecule has 1 aliphatic rings. The molecule has 0 bridgehead atoms. The maximum atomic E-state index is 12.9. The van der Waals surface area contributed by atoms with Gasteiger partial charge in [-0.05, 0) is 49.4 Å². The fraction of sp³-hybridized carbons (Fsp3) is 0.286. The van der Waals surface area contributed by atoms with Gasteiger partial charge in [0.05, 0.1) is 11.1 Å². The lowest BCUT2D eigenvalue weighted by Crippen LogP contribution is -2.26. The van der Waals surface area contributed by atoms with Gasteiger partial charge in [-0.3, -0.25) is 4.98 Å². The Morgan fingerprint density at radius 1 is 1.15 bits per heavy atom. The van der Waals surface area contributed by atoms with Crippen molar-refractivity contribution in [3.63, 3.8) is 0 Å². The van der Waals surface area contributed by atoms with Crippen LogP contribution < -0.4 is 0 Å². The topological polar surface area (TPSA) is 21.1 Å². The summed E-state index contributed by atoms with van der Waals surface area (Å²) in [6.45, 7) is 3.91. The van der Waals surface area contributed by atoms with E-state index in [0.29, 0.717) is 5.56 Å². The maximum Gasteiger partial charge on any atom is 0.417 e. The van der Waals surface area contributed by atoms with E-state index in [-0.39, 0.29) is 0 Å². The number of benzene rings is 1. The molecule has 2 aromatic heterocycles. The fourth-order valence-corrected chi connectivity index (χ4v) is 3.68. The van der Waals surface area contributed by atoms with Crippen LogP contribution in [-0.4, -0.2) is 28.0 Å². The number of aryl methyl sites for hydroxylation is 1. The zero-order valence-corrected chi connectivity index (χ0v) is 15.2. The molecular formula is C21H20F3N3. The second-order valence-electron chi connectivity index (χ2n) is 7.12. The zero-order valence-electron chi connectivity index (χ0n) is 15.2. The molecular weight excluding hydrogens is 351 g/mol. The van der Waals surface area contributed by atoms with Gasteiger partial charge in [-0.25, -0.2) is 0 Å². The summed E-state index contributed by atoms with van der Waals surface area (Å²) >= 11 is 0. The number of hydrogen-bond acceptors (Lipinski definition) is 2. The molecule has 0 spiro atoms. The molecule has 1 aliphatic heterocycles. The number of alkyl halides is 3. The number of aromatic nitrogens is 2. The quantitative estimate of drug-likeness (QED) is 0.634. The lowest BCUT2D eigenvalue weighted by molar-refractivity contribution is -0.137. The third kappa shape index (κ3) is 3.37. The van der Waals surface area contributed by atoms with Gasteiger partial charge in [0.1, 0.15) is 0 Å². The van der Waals surface area contributed by atoms with Crippen LogP contribution in [0.1, 0.15) is 27.9 Å². The molecule has 0 radical (unpaired) electrons. The maximum absolute atomic E-state index is 12.9. The van der Waals surface area contributed by atoms with Crippen LogP contribution in [0.2, 0.25) is 0 Å². The first-order valence-electron chi connectivity index (χ1n) is 8.84. The van der Waals surface area contributed by atoms with Crippen LogP contribution in [0.3, 0.4) is 0 Å². The number of hydrogen-bond donors (Lipinski definition) is 0. The van der Waals surface area contributed by atoms with Gasteiger partial charge in [-0.1, -0.05) is 11.6 Å². The lowest BCUT2D eigenvalue weighted by atomic mass is 10.0. The van der Waals surface area contributed by atoms with Crippen LogP contribution in [-0.2, 0) is 19.1 Å². The van der Waals surface area contributed by atoms with Crippen LogP contribution in [0.15, 0.2) is 36.7 Å². The third-order valence-electron chi connectivity index (χ3n) is 5.04. The van der Waals surface area contributed by atoms with Gasteiger partial charge in [0, 0.05) is 49.2 Å². The van der Waals surface area contributed by atoms with Crippen molar-refractivity contribution in [2.75, 3.05) is 13.6 Å². The van der Waals surface area contributed by atoms with Gasteiger partial charge in [-0.15, -0.1) is 0 Å². The van der Waals surface area contributed by atoms with E-state index in [4.69, 9.17) is 0 Å². The summed E-state index contributed by atoms with van der Waals surface area (Å²) in [7, 11) is 2.10. The van der Waals surface area contributed by atoms with Gasteiger partial charge in [0.25, 0.3) is 0 Å². The van der Waals surface area contributed by atoms with Gasteiger partial charge in [-0.2, -0.15) is 13.2 Å². The first-order valence-corrected chi connectivity index (χ1v) is 8.84. The Kier molecular flexibility index (Phi) is 4.30. The first-order chi connectivity index (χ1) is 12.8. The predicted octanol–water partition coefficient (Wildman–Crippen LogP) is 4.98. The van der Waals surface area contributed by atoms with Crippen molar-refractivity contribution in [3.05, 3.63) is 64.6 Å². The van der Waals surface area contributed by atoms with Crippen LogP contribution in [0, 0.1) is 6.92 Å². The van der Waals surface area contributed by atoms with Gasteiger partial charge < -0.3 is 9.47 Å². The van der Waals surface area contributed by atoms with Crippen LogP contribution in [0.4, 0.5) is 13.2 Å². The number of rotatable bonds is 2. The van der Waals surface area contributed by atoms with Gasteiger partial charge in [0.15, 0.2) is 0 Å². The summed E-state index contributed by atoms with van der Waals surface area (Å²) in [6.07, 6.45) is 2.37. The molecule has 27 heavy (non-hydrogen) atoms. The second kappa shape index (κ2) is 6.53. The SMILES string of the molecule is Cc1ccc2c(c1)c1c(n2/C=C/c2cncc(C(F)(F)F)c2)CCN(C)C1. The van der Waals surface area contributed by atoms with Gasteiger partial charge >= 0.3 is 6.18 Å². The van der Waals surface area contributed by atoms with Crippen molar-refractivity contribution in [2.45, 2.75) is 26.1 Å². The van der Waals surface area contributed by atoms with Crippen molar-refractivity contribution in [1.82, 2.24) is 14.5 Å². The largest absolute Gasteiger partial charge is 0.417 e. The summed E-state index contributed by atoms with van der Waals surface area (Å²) in [4.78, 5) is 6.02. The number of pyridine rings is 1. The standard InChI is InChI=1S/C21H20F3N3/c1-14-3-4-19-17(9-14)18-13-26(2)7-6-20(18)27(19)8-5-15-10-16(12-25-11-15)21(22,23)24/h3-5,8-12H,6-7,13H2,1-2H3/b8-5+.